The summed E-state index contributed by atoms with van der Waals surface area (Å²) in [6.07, 6.45) is 3.70. The summed E-state index contributed by atoms with van der Waals surface area (Å²) in [5, 5.41) is 1.88. The van der Waals surface area contributed by atoms with Crippen LogP contribution in [0, 0.1) is 0 Å². The van der Waals surface area contributed by atoms with Crippen LogP contribution in [0.1, 0.15) is 0 Å². The van der Waals surface area contributed by atoms with Gasteiger partial charge in [0.05, 0.1) is 22.0 Å². The Morgan fingerprint density at radius 3 is 2.38 bits per heavy atom. The van der Waals surface area contributed by atoms with Crippen LogP contribution in [0.4, 0.5) is 5.69 Å². The Morgan fingerprint density at radius 2 is 1.81 bits per heavy atom. The molecule has 1 N–H and O–H groups in total. The van der Waals surface area contributed by atoms with Crippen molar-refractivity contribution >= 4 is 35.1 Å². The predicted octanol–water partition coefficient (Wildman–Crippen LogP) is 3.59. The number of carbonyl (C=O) groups excluding carboxylic acids is 1. The predicted molar refractivity (Wildman–Crippen MR) is 94.3 cm³/mol. The lowest BCUT2D eigenvalue weighted by atomic mass is 10.3. The van der Waals surface area contributed by atoms with Crippen LogP contribution in [-0.2, 0) is 4.79 Å². The Morgan fingerprint density at radius 1 is 1.19 bits per heavy atom. The van der Waals surface area contributed by atoms with Gasteiger partial charge in [0.25, 0.3) is 5.91 Å². The second-order valence-electron chi connectivity index (χ2n) is 4.33. The zero-order chi connectivity index (χ0) is 15.1. The molecule has 1 saturated heterocycles. The molecule has 5 heteroatoms. The molecule has 0 spiro atoms. The van der Waals surface area contributed by atoms with Crippen LogP contribution < -0.4 is 10.4 Å². The second-order valence-corrected chi connectivity index (χ2v) is 6.65. The highest BCUT2D eigenvalue weighted by Gasteiger charge is 2.27. The zero-order valence-corrected chi connectivity index (χ0v) is 13.4. The van der Waals surface area contributed by atoms with Gasteiger partial charge in [0.1, 0.15) is 0 Å². The molecule has 1 amide bonds. The molecular weight excluding hydrogens is 300 g/mol. The van der Waals surface area contributed by atoms with Gasteiger partial charge in [-0.05, 0) is 12.1 Å². The summed E-state index contributed by atoms with van der Waals surface area (Å²) in [6.45, 7) is 8.05. The fourth-order valence-corrected chi connectivity index (χ4v) is 3.81. The minimum atomic E-state index is -0.0259. The highest BCUT2D eigenvalue weighted by molar-refractivity contribution is 8.22. The third kappa shape index (κ3) is 4.19. The van der Waals surface area contributed by atoms with E-state index in [1.165, 1.54) is 0 Å². The first kappa shape index (κ1) is 15.8. The van der Waals surface area contributed by atoms with Crippen LogP contribution in [-0.4, -0.2) is 24.0 Å². The van der Waals surface area contributed by atoms with Crippen molar-refractivity contribution in [2.75, 3.05) is 23.1 Å². The molecule has 1 aromatic carbocycles. The van der Waals surface area contributed by atoms with E-state index >= 15 is 0 Å². The molecule has 1 fully saturated rings. The minimum absolute atomic E-state index is 0.0259. The standard InChI is InChI=1S/C16H18N2OS2/c1-3-10-20-16(21-11-4-2)14-12-18(17-15(14)19)13-8-6-5-7-9-13/h3-9H,1-2,10-12H2,(H,17,19). The van der Waals surface area contributed by atoms with Gasteiger partial charge < -0.3 is 0 Å². The van der Waals surface area contributed by atoms with E-state index in [0.717, 1.165) is 27.0 Å². The Bertz CT molecular complexity index is 541. The van der Waals surface area contributed by atoms with E-state index in [1.807, 2.05) is 47.5 Å². The summed E-state index contributed by atoms with van der Waals surface area (Å²) in [5.74, 6) is 1.56. The third-order valence-electron chi connectivity index (χ3n) is 2.81. The van der Waals surface area contributed by atoms with Gasteiger partial charge in [-0.25, -0.2) is 0 Å². The first-order valence-electron chi connectivity index (χ1n) is 6.60. The smallest absolute Gasteiger partial charge is 0.269 e. The average Bonchev–Trinajstić information content (AvgIpc) is 2.90. The molecule has 2 rings (SSSR count). The Kier molecular flexibility index (Phi) is 6.02. The van der Waals surface area contributed by atoms with Crippen LogP contribution in [0.5, 0.6) is 0 Å². The summed E-state index contributed by atoms with van der Waals surface area (Å²) in [6, 6.07) is 9.85. The van der Waals surface area contributed by atoms with Gasteiger partial charge in [-0.1, -0.05) is 30.4 Å². The largest absolute Gasteiger partial charge is 0.281 e. The molecule has 1 aliphatic rings. The van der Waals surface area contributed by atoms with Crippen molar-refractivity contribution in [1.29, 1.82) is 0 Å². The van der Waals surface area contributed by atoms with Gasteiger partial charge in [-0.3, -0.25) is 15.2 Å². The number of nitrogens with zero attached hydrogens (tertiary/aromatic N) is 1. The molecule has 1 aliphatic heterocycles. The van der Waals surface area contributed by atoms with Crippen LogP contribution >= 0.6 is 23.5 Å². The van der Waals surface area contributed by atoms with Crippen molar-refractivity contribution in [2.24, 2.45) is 0 Å². The fourth-order valence-electron chi connectivity index (χ4n) is 1.87. The lowest BCUT2D eigenvalue weighted by Crippen LogP contribution is -2.32. The topological polar surface area (TPSA) is 32.3 Å². The Labute approximate surface area is 134 Å². The number of para-hydroxylation sites is 1. The van der Waals surface area contributed by atoms with Crippen LogP contribution in [0.25, 0.3) is 0 Å². The number of rotatable bonds is 7. The molecule has 1 heterocycles. The highest BCUT2D eigenvalue weighted by Crippen LogP contribution is 2.34. The minimum Gasteiger partial charge on any atom is -0.281 e. The molecular formula is C16H18N2OS2. The quantitative estimate of drug-likeness (QED) is 0.615. The molecule has 0 saturated carbocycles. The van der Waals surface area contributed by atoms with E-state index < -0.39 is 0 Å². The van der Waals surface area contributed by atoms with Crippen molar-refractivity contribution in [3.8, 4) is 0 Å². The maximum absolute atomic E-state index is 12.2. The molecule has 0 unspecified atom stereocenters. The summed E-state index contributed by atoms with van der Waals surface area (Å²) in [4.78, 5) is 12.2. The summed E-state index contributed by atoms with van der Waals surface area (Å²) in [5.41, 5.74) is 4.72. The molecule has 110 valence electrons. The second kappa shape index (κ2) is 8.00. The summed E-state index contributed by atoms with van der Waals surface area (Å²) >= 11 is 3.30. The monoisotopic (exact) mass is 318 g/mol. The van der Waals surface area contributed by atoms with Gasteiger partial charge in [-0.15, -0.1) is 36.7 Å². The van der Waals surface area contributed by atoms with E-state index in [-0.39, 0.29) is 5.91 Å². The van der Waals surface area contributed by atoms with E-state index in [4.69, 9.17) is 0 Å². The van der Waals surface area contributed by atoms with Crippen molar-refractivity contribution in [2.45, 2.75) is 0 Å². The normalized spacial score (nSPS) is 14.0. The number of hydrazine groups is 1. The van der Waals surface area contributed by atoms with Crippen LogP contribution in [0.3, 0.4) is 0 Å². The van der Waals surface area contributed by atoms with Gasteiger partial charge in [0, 0.05) is 11.5 Å². The summed E-state index contributed by atoms with van der Waals surface area (Å²) in [7, 11) is 0. The molecule has 21 heavy (non-hydrogen) atoms. The third-order valence-corrected chi connectivity index (χ3v) is 5.33. The zero-order valence-electron chi connectivity index (χ0n) is 11.7. The van der Waals surface area contributed by atoms with E-state index in [0.29, 0.717) is 6.54 Å². The molecule has 0 aliphatic carbocycles. The van der Waals surface area contributed by atoms with Crippen LogP contribution in [0.2, 0.25) is 0 Å². The van der Waals surface area contributed by atoms with Crippen molar-refractivity contribution < 1.29 is 4.79 Å². The Balaban J connectivity index is 2.19. The maximum atomic E-state index is 12.2. The van der Waals surface area contributed by atoms with Crippen LogP contribution in [0.15, 0.2) is 65.5 Å². The molecule has 0 radical (unpaired) electrons. The maximum Gasteiger partial charge on any atom is 0.269 e. The molecule has 3 nitrogen and oxygen atoms in total. The number of hydrogen-bond acceptors (Lipinski definition) is 4. The number of anilines is 1. The first-order chi connectivity index (χ1) is 10.3. The number of thioether (sulfide) groups is 2. The average molecular weight is 318 g/mol. The molecule has 1 aromatic rings. The molecule has 0 aromatic heterocycles. The van der Waals surface area contributed by atoms with E-state index in [9.17, 15) is 4.79 Å². The molecule has 0 atom stereocenters. The SMILES string of the molecule is C=CCSC(SCC=C)=C1CN(c2ccccc2)NC1=O. The van der Waals surface area contributed by atoms with Crippen molar-refractivity contribution in [3.63, 3.8) is 0 Å². The highest BCUT2D eigenvalue weighted by atomic mass is 32.2. The van der Waals surface area contributed by atoms with Gasteiger partial charge >= 0.3 is 0 Å². The van der Waals surface area contributed by atoms with Crippen molar-refractivity contribution in [1.82, 2.24) is 5.43 Å². The van der Waals surface area contributed by atoms with E-state index in [2.05, 4.69) is 18.6 Å². The lowest BCUT2D eigenvalue weighted by molar-refractivity contribution is -0.116. The first-order valence-corrected chi connectivity index (χ1v) is 8.57. The number of carbonyl (C=O) groups is 1. The Hall–Kier alpha value is -1.59. The van der Waals surface area contributed by atoms with Gasteiger partial charge in [-0.2, -0.15) is 0 Å². The lowest BCUT2D eigenvalue weighted by Gasteiger charge is -2.16. The van der Waals surface area contributed by atoms with E-state index in [1.54, 1.807) is 23.5 Å². The number of hydrogen-bond donors (Lipinski definition) is 1. The number of nitrogens with one attached hydrogen (secondary N) is 1. The molecule has 0 bridgehead atoms. The van der Waals surface area contributed by atoms with Crippen molar-refractivity contribution in [3.05, 3.63) is 65.5 Å². The fraction of sp³-hybridized carbons (Fsp3) is 0.188. The number of benzene rings is 1. The van der Waals surface area contributed by atoms with Gasteiger partial charge in [0.15, 0.2) is 0 Å². The summed E-state index contributed by atoms with van der Waals surface area (Å²) < 4.78 is 1.05. The number of amides is 1. The van der Waals surface area contributed by atoms with Gasteiger partial charge in [0.2, 0.25) is 0 Å².